The highest BCUT2D eigenvalue weighted by molar-refractivity contribution is 4.91. The Morgan fingerprint density at radius 1 is 1.27 bits per heavy atom. The molecule has 2 aliphatic rings. The van der Waals surface area contributed by atoms with E-state index in [2.05, 4.69) is 17.9 Å². The average Bonchev–Trinajstić information content (AvgIpc) is 2.28. The van der Waals surface area contributed by atoms with Gasteiger partial charge in [-0.3, -0.25) is 4.90 Å². The number of rotatable bonds is 2. The summed E-state index contributed by atoms with van der Waals surface area (Å²) in [5, 5.41) is 8.79. The standard InChI is InChI=1S/C13H22N2/c1-11(8-9-14)15-10-4-6-12-5-2-3-7-13(12)15/h11-13H,2-8,10H2,1H3. The van der Waals surface area contributed by atoms with Crippen LogP contribution in [-0.2, 0) is 0 Å². The quantitative estimate of drug-likeness (QED) is 0.694. The highest BCUT2D eigenvalue weighted by Gasteiger charge is 2.34. The minimum Gasteiger partial charge on any atom is -0.296 e. The van der Waals surface area contributed by atoms with E-state index in [1.807, 2.05) is 0 Å². The van der Waals surface area contributed by atoms with Crippen molar-refractivity contribution in [2.45, 2.75) is 64.0 Å². The van der Waals surface area contributed by atoms with Crippen LogP contribution in [0.25, 0.3) is 0 Å². The smallest absolute Gasteiger partial charge is 0.0638 e. The summed E-state index contributed by atoms with van der Waals surface area (Å²) in [5.74, 6) is 0.939. The fourth-order valence-corrected chi connectivity index (χ4v) is 3.46. The molecule has 0 amide bonds. The number of hydrogen-bond donors (Lipinski definition) is 0. The molecule has 2 heteroatoms. The van der Waals surface area contributed by atoms with E-state index >= 15 is 0 Å². The van der Waals surface area contributed by atoms with Gasteiger partial charge in [-0.2, -0.15) is 5.26 Å². The fourth-order valence-electron chi connectivity index (χ4n) is 3.46. The van der Waals surface area contributed by atoms with Crippen molar-refractivity contribution in [1.82, 2.24) is 4.90 Å². The van der Waals surface area contributed by atoms with Crippen molar-refractivity contribution in [3.8, 4) is 6.07 Å². The highest BCUT2D eigenvalue weighted by Crippen LogP contribution is 2.36. The molecule has 1 saturated heterocycles. The van der Waals surface area contributed by atoms with Gasteiger partial charge in [0.25, 0.3) is 0 Å². The van der Waals surface area contributed by atoms with E-state index in [9.17, 15) is 0 Å². The number of piperidine rings is 1. The Kier molecular flexibility index (Phi) is 3.64. The lowest BCUT2D eigenvalue weighted by atomic mass is 9.77. The van der Waals surface area contributed by atoms with E-state index in [4.69, 9.17) is 5.26 Å². The molecular formula is C13H22N2. The second-order valence-corrected chi connectivity index (χ2v) is 5.20. The molecule has 2 rings (SSSR count). The van der Waals surface area contributed by atoms with Crippen LogP contribution in [0, 0.1) is 17.2 Å². The van der Waals surface area contributed by atoms with E-state index < -0.39 is 0 Å². The Bertz CT molecular complexity index is 241. The predicted octanol–water partition coefficient (Wildman–Crippen LogP) is 2.94. The summed E-state index contributed by atoms with van der Waals surface area (Å²) in [5.41, 5.74) is 0. The molecule has 0 spiro atoms. The normalized spacial score (nSPS) is 34.1. The van der Waals surface area contributed by atoms with Crippen molar-refractivity contribution >= 4 is 0 Å². The molecule has 0 aromatic rings. The maximum absolute atomic E-state index is 8.79. The van der Waals surface area contributed by atoms with Crippen molar-refractivity contribution in [3.05, 3.63) is 0 Å². The van der Waals surface area contributed by atoms with Gasteiger partial charge in [-0.05, 0) is 45.1 Å². The minimum atomic E-state index is 0.473. The van der Waals surface area contributed by atoms with Crippen LogP contribution in [0.2, 0.25) is 0 Å². The number of nitrogens with zero attached hydrogens (tertiary/aromatic N) is 2. The first-order chi connectivity index (χ1) is 7.33. The Labute approximate surface area is 93.3 Å². The monoisotopic (exact) mass is 206 g/mol. The minimum absolute atomic E-state index is 0.473. The third kappa shape index (κ3) is 2.34. The van der Waals surface area contributed by atoms with Gasteiger partial charge in [0.05, 0.1) is 12.5 Å². The van der Waals surface area contributed by atoms with Gasteiger partial charge in [0.1, 0.15) is 0 Å². The molecular weight excluding hydrogens is 184 g/mol. The van der Waals surface area contributed by atoms with Crippen LogP contribution >= 0.6 is 0 Å². The Balaban J connectivity index is 2.00. The SMILES string of the molecule is CC(CC#N)N1CCCC2CCCCC21. The van der Waals surface area contributed by atoms with Crippen LogP contribution in [0.3, 0.4) is 0 Å². The molecule has 2 fully saturated rings. The molecule has 3 unspecified atom stereocenters. The zero-order valence-corrected chi connectivity index (χ0v) is 9.78. The summed E-state index contributed by atoms with van der Waals surface area (Å²) in [6.07, 6.45) is 9.11. The van der Waals surface area contributed by atoms with Crippen LogP contribution in [0.1, 0.15) is 51.9 Å². The Hall–Kier alpha value is -0.550. The number of likely N-dealkylation sites (tertiary alicyclic amines) is 1. The lowest BCUT2D eigenvalue weighted by molar-refractivity contribution is 0.0328. The van der Waals surface area contributed by atoms with E-state index in [1.165, 1.54) is 45.1 Å². The molecule has 0 radical (unpaired) electrons. The van der Waals surface area contributed by atoms with Gasteiger partial charge in [0.15, 0.2) is 0 Å². The highest BCUT2D eigenvalue weighted by atomic mass is 15.2. The molecule has 2 nitrogen and oxygen atoms in total. The van der Waals surface area contributed by atoms with Gasteiger partial charge in [0, 0.05) is 12.1 Å². The van der Waals surface area contributed by atoms with Gasteiger partial charge >= 0.3 is 0 Å². The van der Waals surface area contributed by atoms with Crippen LogP contribution < -0.4 is 0 Å². The van der Waals surface area contributed by atoms with Crippen LogP contribution in [0.15, 0.2) is 0 Å². The lowest BCUT2D eigenvalue weighted by Crippen LogP contribution is -2.50. The van der Waals surface area contributed by atoms with Crippen molar-refractivity contribution in [3.63, 3.8) is 0 Å². The summed E-state index contributed by atoms with van der Waals surface area (Å²) in [4.78, 5) is 2.62. The average molecular weight is 206 g/mol. The number of nitriles is 1. The first-order valence-electron chi connectivity index (χ1n) is 6.45. The molecule has 0 aromatic carbocycles. The van der Waals surface area contributed by atoms with Crippen LogP contribution in [0.5, 0.6) is 0 Å². The summed E-state index contributed by atoms with van der Waals surface area (Å²) >= 11 is 0. The maximum Gasteiger partial charge on any atom is 0.0638 e. The third-order valence-electron chi connectivity index (χ3n) is 4.24. The van der Waals surface area contributed by atoms with E-state index in [0.717, 1.165) is 12.0 Å². The van der Waals surface area contributed by atoms with Gasteiger partial charge in [-0.25, -0.2) is 0 Å². The summed E-state index contributed by atoms with van der Waals surface area (Å²) in [7, 11) is 0. The van der Waals surface area contributed by atoms with Crippen molar-refractivity contribution in [2.75, 3.05) is 6.54 Å². The zero-order chi connectivity index (χ0) is 10.7. The third-order valence-corrected chi connectivity index (χ3v) is 4.24. The fraction of sp³-hybridized carbons (Fsp3) is 0.923. The van der Waals surface area contributed by atoms with Crippen molar-refractivity contribution in [1.29, 1.82) is 5.26 Å². The lowest BCUT2D eigenvalue weighted by Gasteiger charge is -2.46. The first-order valence-corrected chi connectivity index (χ1v) is 6.45. The van der Waals surface area contributed by atoms with Gasteiger partial charge < -0.3 is 0 Å². The molecule has 0 N–H and O–H groups in total. The van der Waals surface area contributed by atoms with Crippen LogP contribution in [-0.4, -0.2) is 23.5 Å². The molecule has 1 aliphatic carbocycles. The Morgan fingerprint density at radius 2 is 2.00 bits per heavy atom. The number of fused-ring (bicyclic) bond motifs is 1. The molecule has 0 bridgehead atoms. The molecule has 1 saturated carbocycles. The van der Waals surface area contributed by atoms with E-state index in [1.54, 1.807) is 0 Å². The maximum atomic E-state index is 8.79. The van der Waals surface area contributed by atoms with Gasteiger partial charge in [-0.1, -0.05) is 12.8 Å². The topological polar surface area (TPSA) is 27.0 Å². The zero-order valence-electron chi connectivity index (χ0n) is 9.78. The second kappa shape index (κ2) is 4.99. The molecule has 1 heterocycles. The second-order valence-electron chi connectivity index (χ2n) is 5.20. The molecule has 3 atom stereocenters. The van der Waals surface area contributed by atoms with Crippen molar-refractivity contribution in [2.24, 2.45) is 5.92 Å². The molecule has 1 aliphatic heterocycles. The number of hydrogen-bond acceptors (Lipinski definition) is 2. The largest absolute Gasteiger partial charge is 0.296 e. The predicted molar refractivity (Wildman–Crippen MR) is 61.4 cm³/mol. The summed E-state index contributed by atoms with van der Waals surface area (Å²) in [6, 6.07) is 3.59. The summed E-state index contributed by atoms with van der Waals surface area (Å²) < 4.78 is 0. The van der Waals surface area contributed by atoms with Gasteiger partial charge in [-0.15, -0.1) is 0 Å². The molecule has 15 heavy (non-hydrogen) atoms. The van der Waals surface area contributed by atoms with Crippen molar-refractivity contribution < 1.29 is 0 Å². The van der Waals surface area contributed by atoms with E-state index in [0.29, 0.717) is 12.5 Å². The van der Waals surface area contributed by atoms with E-state index in [-0.39, 0.29) is 0 Å². The molecule has 0 aromatic heterocycles. The first kappa shape index (κ1) is 11.0. The Morgan fingerprint density at radius 3 is 2.80 bits per heavy atom. The molecule has 84 valence electrons. The van der Waals surface area contributed by atoms with Crippen LogP contribution in [0.4, 0.5) is 0 Å². The summed E-state index contributed by atoms with van der Waals surface area (Å²) in [6.45, 7) is 3.45. The van der Waals surface area contributed by atoms with Gasteiger partial charge in [0.2, 0.25) is 0 Å².